The van der Waals surface area contributed by atoms with Crippen molar-refractivity contribution in [2.45, 2.75) is 13.3 Å². The molecule has 0 radical (unpaired) electrons. The fourth-order valence-corrected chi connectivity index (χ4v) is 2.55. The van der Waals surface area contributed by atoms with Crippen LogP contribution in [0.1, 0.15) is 11.1 Å². The van der Waals surface area contributed by atoms with Gasteiger partial charge in [0.15, 0.2) is 0 Å². The van der Waals surface area contributed by atoms with E-state index in [0.717, 1.165) is 6.42 Å². The second-order valence-electron chi connectivity index (χ2n) is 3.48. The standard InChI is InChI=1S/C11H13BrN2/c1-8-3-2-4-10-9(5-6-13)7-14(12)11(8)10/h2-4,7H,5-6,13H2,1H3. The maximum absolute atomic E-state index is 5.57. The first-order chi connectivity index (χ1) is 6.74. The minimum Gasteiger partial charge on any atom is -0.330 e. The lowest BCUT2D eigenvalue weighted by Crippen LogP contribution is -2.01. The Morgan fingerprint density at radius 3 is 2.93 bits per heavy atom. The van der Waals surface area contributed by atoms with Gasteiger partial charge in [0.1, 0.15) is 0 Å². The van der Waals surface area contributed by atoms with E-state index < -0.39 is 0 Å². The summed E-state index contributed by atoms with van der Waals surface area (Å²) >= 11 is 3.51. The zero-order chi connectivity index (χ0) is 10.1. The Bertz CT molecular complexity index is 460. The topological polar surface area (TPSA) is 30.9 Å². The van der Waals surface area contributed by atoms with Crippen molar-refractivity contribution in [1.29, 1.82) is 0 Å². The van der Waals surface area contributed by atoms with Crippen LogP contribution in [0.2, 0.25) is 0 Å². The van der Waals surface area contributed by atoms with Crippen molar-refractivity contribution in [2.24, 2.45) is 5.73 Å². The summed E-state index contributed by atoms with van der Waals surface area (Å²) in [5.41, 5.74) is 9.41. The molecule has 1 heterocycles. The molecule has 0 atom stereocenters. The molecule has 1 aromatic carbocycles. The molecule has 2 nitrogen and oxygen atoms in total. The van der Waals surface area contributed by atoms with Crippen LogP contribution in [-0.4, -0.2) is 10.1 Å². The molecule has 0 aliphatic carbocycles. The number of rotatable bonds is 2. The Morgan fingerprint density at radius 2 is 2.21 bits per heavy atom. The zero-order valence-corrected chi connectivity index (χ0v) is 9.71. The third kappa shape index (κ3) is 1.47. The van der Waals surface area contributed by atoms with Gasteiger partial charge >= 0.3 is 0 Å². The van der Waals surface area contributed by atoms with Crippen LogP contribution in [0.15, 0.2) is 24.4 Å². The lowest BCUT2D eigenvalue weighted by Gasteiger charge is -1.98. The Balaban J connectivity index is 2.71. The van der Waals surface area contributed by atoms with Crippen molar-refractivity contribution in [1.82, 2.24) is 3.59 Å². The average molecular weight is 253 g/mol. The van der Waals surface area contributed by atoms with Crippen LogP contribution >= 0.6 is 16.1 Å². The Kier molecular flexibility index (Phi) is 2.61. The second kappa shape index (κ2) is 3.75. The van der Waals surface area contributed by atoms with E-state index in [1.54, 1.807) is 0 Å². The predicted molar refractivity (Wildman–Crippen MR) is 63.8 cm³/mol. The quantitative estimate of drug-likeness (QED) is 0.876. The molecule has 0 bridgehead atoms. The molecule has 2 rings (SSSR count). The van der Waals surface area contributed by atoms with Gasteiger partial charge in [-0.2, -0.15) is 0 Å². The highest BCUT2D eigenvalue weighted by atomic mass is 79.9. The molecule has 0 saturated carbocycles. The SMILES string of the molecule is Cc1cccc2c(CCN)cn(Br)c12. The molecule has 0 saturated heterocycles. The number of hydrogen-bond acceptors (Lipinski definition) is 1. The van der Waals surface area contributed by atoms with Gasteiger partial charge in [-0.15, -0.1) is 0 Å². The number of aromatic nitrogens is 1. The molecule has 2 aromatic rings. The first-order valence-corrected chi connectivity index (χ1v) is 5.40. The average Bonchev–Trinajstić information content (AvgIpc) is 2.46. The fourth-order valence-electron chi connectivity index (χ4n) is 1.83. The van der Waals surface area contributed by atoms with Crippen molar-refractivity contribution in [3.05, 3.63) is 35.5 Å². The van der Waals surface area contributed by atoms with Gasteiger partial charge in [0.05, 0.1) is 21.7 Å². The lowest BCUT2D eigenvalue weighted by molar-refractivity contribution is 0.975. The molecule has 74 valence electrons. The summed E-state index contributed by atoms with van der Waals surface area (Å²) in [6.07, 6.45) is 3.03. The van der Waals surface area contributed by atoms with Crippen LogP contribution in [0, 0.1) is 6.92 Å². The molecular weight excluding hydrogens is 240 g/mol. The van der Waals surface area contributed by atoms with Gasteiger partial charge in [-0.1, -0.05) is 18.2 Å². The Labute approximate surface area is 92.0 Å². The van der Waals surface area contributed by atoms with Crippen LogP contribution in [0.4, 0.5) is 0 Å². The minimum atomic E-state index is 0.694. The molecule has 0 aliphatic rings. The molecule has 0 fully saturated rings. The van der Waals surface area contributed by atoms with Crippen molar-refractivity contribution >= 4 is 27.1 Å². The van der Waals surface area contributed by atoms with E-state index in [-0.39, 0.29) is 0 Å². The number of para-hydroxylation sites is 1. The van der Waals surface area contributed by atoms with Crippen LogP contribution in [0.3, 0.4) is 0 Å². The lowest BCUT2D eigenvalue weighted by atomic mass is 10.1. The highest BCUT2D eigenvalue weighted by Gasteiger charge is 2.07. The minimum absolute atomic E-state index is 0.694. The van der Waals surface area contributed by atoms with E-state index >= 15 is 0 Å². The van der Waals surface area contributed by atoms with Gasteiger partial charge in [0.2, 0.25) is 0 Å². The maximum atomic E-state index is 5.57. The third-order valence-electron chi connectivity index (χ3n) is 2.48. The highest BCUT2D eigenvalue weighted by molar-refractivity contribution is 9.08. The number of nitrogens with two attached hydrogens (primary N) is 1. The van der Waals surface area contributed by atoms with Crippen LogP contribution < -0.4 is 5.73 Å². The molecule has 3 heteroatoms. The molecule has 14 heavy (non-hydrogen) atoms. The summed E-state index contributed by atoms with van der Waals surface area (Å²) in [5, 5.41) is 1.30. The summed E-state index contributed by atoms with van der Waals surface area (Å²) in [6, 6.07) is 6.35. The van der Waals surface area contributed by atoms with Crippen LogP contribution in [0.5, 0.6) is 0 Å². The van der Waals surface area contributed by atoms with E-state index in [9.17, 15) is 0 Å². The van der Waals surface area contributed by atoms with Gasteiger partial charge in [-0.05, 0) is 31.0 Å². The third-order valence-corrected chi connectivity index (χ3v) is 3.04. The van der Waals surface area contributed by atoms with Crippen molar-refractivity contribution < 1.29 is 0 Å². The summed E-state index contributed by atoms with van der Waals surface area (Å²) in [7, 11) is 0. The fraction of sp³-hybridized carbons (Fsp3) is 0.273. The second-order valence-corrected chi connectivity index (χ2v) is 4.24. The molecule has 0 amide bonds. The molecule has 0 aliphatic heterocycles. The Morgan fingerprint density at radius 1 is 1.43 bits per heavy atom. The highest BCUT2D eigenvalue weighted by Crippen LogP contribution is 2.26. The Hall–Kier alpha value is -0.800. The zero-order valence-electron chi connectivity index (χ0n) is 8.13. The summed E-state index contributed by atoms with van der Waals surface area (Å²) < 4.78 is 2.00. The van der Waals surface area contributed by atoms with Gasteiger partial charge in [-0.3, -0.25) is 3.59 Å². The number of nitrogens with zero attached hydrogens (tertiary/aromatic N) is 1. The number of aryl methyl sites for hydroxylation is 1. The molecule has 0 spiro atoms. The number of benzene rings is 1. The van der Waals surface area contributed by atoms with E-state index in [1.807, 2.05) is 3.59 Å². The maximum Gasteiger partial charge on any atom is 0.0623 e. The predicted octanol–water partition coefficient (Wildman–Crippen LogP) is 2.61. The summed E-state index contributed by atoms with van der Waals surface area (Å²) in [4.78, 5) is 0. The van der Waals surface area contributed by atoms with Gasteiger partial charge in [-0.25, -0.2) is 0 Å². The monoisotopic (exact) mass is 252 g/mol. The molecule has 2 N–H and O–H groups in total. The van der Waals surface area contributed by atoms with E-state index in [0.29, 0.717) is 6.54 Å². The van der Waals surface area contributed by atoms with Crippen molar-refractivity contribution in [3.8, 4) is 0 Å². The summed E-state index contributed by atoms with van der Waals surface area (Å²) in [5.74, 6) is 0. The van der Waals surface area contributed by atoms with Gasteiger partial charge < -0.3 is 5.73 Å². The molecule has 1 aromatic heterocycles. The van der Waals surface area contributed by atoms with Crippen LogP contribution in [-0.2, 0) is 6.42 Å². The number of fused-ring (bicyclic) bond motifs is 1. The smallest absolute Gasteiger partial charge is 0.0623 e. The number of halogens is 1. The van der Waals surface area contributed by atoms with E-state index in [2.05, 4.69) is 47.5 Å². The normalized spacial score (nSPS) is 11.1. The molecule has 0 unspecified atom stereocenters. The molecular formula is C11H13BrN2. The van der Waals surface area contributed by atoms with E-state index in [1.165, 1.54) is 22.0 Å². The van der Waals surface area contributed by atoms with Gasteiger partial charge in [0.25, 0.3) is 0 Å². The van der Waals surface area contributed by atoms with E-state index in [4.69, 9.17) is 5.73 Å². The van der Waals surface area contributed by atoms with Crippen molar-refractivity contribution in [3.63, 3.8) is 0 Å². The van der Waals surface area contributed by atoms with Gasteiger partial charge in [0, 0.05) is 11.6 Å². The largest absolute Gasteiger partial charge is 0.330 e. The van der Waals surface area contributed by atoms with Crippen molar-refractivity contribution in [2.75, 3.05) is 6.54 Å². The number of hydrogen-bond donors (Lipinski definition) is 1. The first-order valence-electron chi connectivity index (χ1n) is 4.70. The van der Waals surface area contributed by atoms with Crippen LogP contribution in [0.25, 0.3) is 10.9 Å². The first kappa shape index (κ1) is 9.74. The summed E-state index contributed by atoms with van der Waals surface area (Å²) in [6.45, 7) is 2.81.